The first-order chi connectivity index (χ1) is 11.2. The zero-order valence-electron chi connectivity index (χ0n) is 15.5. The third-order valence-electron chi connectivity index (χ3n) is 4.87. The van der Waals surface area contributed by atoms with Crippen LogP contribution in [0.5, 0.6) is 0 Å². The molecular weight excluding hydrogens is 326 g/mol. The topological polar surface area (TPSA) is 79.8 Å². The summed E-state index contributed by atoms with van der Waals surface area (Å²) in [4.78, 5) is 4.69. The highest BCUT2D eigenvalue weighted by Gasteiger charge is 2.30. The molecule has 3 atom stereocenters. The number of hydrogen-bond donors (Lipinski definition) is 2. The predicted molar refractivity (Wildman–Crippen MR) is 98.1 cm³/mol. The first kappa shape index (κ1) is 19.5. The van der Waals surface area contributed by atoms with Crippen molar-refractivity contribution in [2.75, 3.05) is 24.7 Å². The highest BCUT2D eigenvalue weighted by molar-refractivity contribution is 7.91. The van der Waals surface area contributed by atoms with Crippen LogP contribution in [0.4, 0.5) is 0 Å². The van der Waals surface area contributed by atoms with Gasteiger partial charge >= 0.3 is 0 Å². The quantitative estimate of drug-likeness (QED) is 0.577. The molecule has 0 radical (unpaired) electrons. The molecule has 0 aliphatic carbocycles. The van der Waals surface area contributed by atoms with Gasteiger partial charge in [0.15, 0.2) is 15.8 Å². The van der Waals surface area contributed by atoms with E-state index >= 15 is 0 Å². The zero-order valence-corrected chi connectivity index (χ0v) is 16.3. The van der Waals surface area contributed by atoms with Gasteiger partial charge in [-0.3, -0.25) is 4.99 Å². The number of rotatable bonds is 5. The lowest BCUT2D eigenvalue weighted by molar-refractivity contribution is -0.0605. The molecule has 0 aromatic carbocycles. The Morgan fingerprint density at radius 3 is 2.71 bits per heavy atom. The molecule has 140 valence electrons. The van der Waals surface area contributed by atoms with E-state index < -0.39 is 9.84 Å². The highest BCUT2D eigenvalue weighted by Crippen LogP contribution is 2.24. The van der Waals surface area contributed by atoms with Crippen LogP contribution in [0.15, 0.2) is 4.99 Å². The fraction of sp³-hybridized carbons (Fsp3) is 0.941. The molecule has 2 N–H and O–H groups in total. The fourth-order valence-corrected chi connectivity index (χ4v) is 5.10. The Balaban J connectivity index is 1.97. The summed E-state index contributed by atoms with van der Waals surface area (Å²) in [6.07, 6.45) is 3.64. The zero-order chi connectivity index (χ0) is 17.8. The van der Waals surface area contributed by atoms with E-state index in [9.17, 15) is 8.42 Å². The van der Waals surface area contributed by atoms with Crippen molar-refractivity contribution in [2.24, 2.45) is 10.9 Å². The van der Waals surface area contributed by atoms with Gasteiger partial charge in [-0.25, -0.2) is 8.42 Å². The molecular formula is C17H33N3O3S. The lowest BCUT2D eigenvalue weighted by Crippen LogP contribution is -2.51. The molecule has 0 spiro atoms. The minimum Gasteiger partial charge on any atom is -0.375 e. The van der Waals surface area contributed by atoms with Crippen LogP contribution < -0.4 is 10.6 Å². The van der Waals surface area contributed by atoms with E-state index in [1.54, 1.807) is 0 Å². The Morgan fingerprint density at radius 1 is 1.38 bits per heavy atom. The molecule has 0 amide bonds. The summed E-state index contributed by atoms with van der Waals surface area (Å²) in [7, 11) is -2.84. The van der Waals surface area contributed by atoms with Crippen molar-refractivity contribution in [1.82, 2.24) is 10.6 Å². The van der Waals surface area contributed by atoms with Crippen molar-refractivity contribution in [3.05, 3.63) is 0 Å². The van der Waals surface area contributed by atoms with Crippen molar-refractivity contribution in [2.45, 2.75) is 71.1 Å². The fourth-order valence-electron chi connectivity index (χ4n) is 3.25. The Labute approximate surface area is 146 Å². The van der Waals surface area contributed by atoms with Crippen molar-refractivity contribution < 1.29 is 13.2 Å². The van der Waals surface area contributed by atoms with Crippen molar-refractivity contribution >= 4 is 15.8 Å². The first-order valence-corrected chi connectivity index (χ1v) is 10.9. The maximum Gasteiger partial charge on any atom is 0.191 e. The van der Waals surface area contributed by atoms with Gasteiger partial charge in [-0.15, -0.1) is 0 Å². The van der Waals surface area contributed by atoms with Gasteiger partial charge in [-0.1, -0.05) is 6.92 Å². The summed E-state index contributed by atoms with van der Waals surface area (Å²) in [5.74, 6) is 1.54. The average Bonchev–Trinajstić information content (AvgIpc) is 2.83. The summed E-state index contributed by atoms with van der Waals surface area (Å²) in [6.45, 7) is 9.81. The normalized spacial score (nSPS) is 30.8. The molecule has 2 saturated heterocycles. The van der Waals surface area contributed by atoms with Gasteiger partial charge in [0, 0.05) is 25.2 Å². The van der Waals surface area contributed by atoms with Gasteiger partial charge < -0.3 is 15.4 Å². The lowest BCUT2D eigenvalue weighted by atomic mass is 9.94. The monoisotopic (exact) mass is 359 g/mol. The molecule has 2 aliphatic heterocycles. The first-order valence-electron chi connectivity index (χ1n) is 9.11. The summed E-state index contributed by atoms with van der Waals surface area (Å²) >= 11 is 0. The van der Waals surface area contributed by atoms with Crippen LogP contribution in [0.2, 0.25) is 0 Å². The van der Waals surface area contributed by atoms with Crippen LogP contribution in [0, 0.1) is 5.92 Å². The van der Waals surface area contributed by atoms with Crippen LogP contribution >= 0.6 is 0 Å². The van der Waals surface area contributed by atoms with Crippen molar-refractivity contribution in [3.63, 3.8) is 0 Å². The SMILES string of the molecule is CCC(C)NC(=NCC1CCS(=O)(=O)C1)NC1CCOC(C)(C)C1. The van der Waals surface area contributed by atoms with E-state index in [0.717, 1.165) is 38.2 Å². The van der Waals surface area contributed by atoms with E-state index in [1.807, 2.05) is 0 Å². The van der Waals surface area contributed by atoms with Crippen LogP contribution in [-0.4, -0.2) is 56.7 Å². The molecule has 0 saturated carbocycles. The second-order valence-corrected chi connectivity index (χ2v) is 10.1. The highest BCUT2D eigenvalue weighted by atomic mass is 32.2. The van der Waals surface area contributed by atoms with E-state index in [0.29, 0.717) is 24.4 Å². The molecule has 0 bridgehead atoms. The number of ether oxygens (including phenoxy) is 1. The van der Waals surface area contributed by atoms with Crippen LogP contribution in [0.25, 0.3) is 0 Å². The predicted octanol–water partition coefficient (Wildman–Crippen LogP) is 1.71. The average molecular weight is 360 g/mol. The van der Waals surface area contributed by atoms with Gasteiger partial charge in [0.05, 0.1) is 17.1 Å². The summed E-state index contributed by atoms with van der Waals surface area (Å²) in [6, 6.07) is 0.660. The summed E-state index contributed by atoms with van der Waals surface area (Å²) < 4.78 is 29.0. The van der Waals surface area contributed by atoms with Gasteiger partial charge in [0.2, 0.25) is 0 Å². The minimum absolute atomic E-state index is 0.114. The van der Waals surface area contributed by atoms with Crippen molar-refractivity contribution in [1.29, 1.82) is 0 Å². The smallest absolute Gasteiger partial charge is 0.191 e. The van der Waals surface area contributed by atoms with Crippen LogP contribution in [0.1, 0.15) is 53.4 Å². The Kier molecular flexibility index (Phi) is 6.53. The molecule has 24 heavy (non-hydrogen) atoms. The van der Waals surface area contributed by atoms with Gasteiger partial charge in [-0.2, -0.15) is 0 Å². The maximum atomic E-state index is 11.6. The summed E-state index contributed by atoms with van der Waals surface area (Å²) in [5, 5.41) is 6.97. The molecule has 2 fully saturated rings. The molecule has 0 aromatic rings. The molecule has 7 heteroatoms. The molecule has 3 unspecified atom stereocenters. The Bertz CT molecular complexity index is 545. The number of nitrogens with one attached hydrogen (secondary N) is 2. The molecule has 0 aromatic heterocycles. The number of hydrogen-bond acceptors (Lipinski definition) is 4. The molecule has 2 rings (SSSR count). The second-order valence-electron chi connectivity index (χ2n) is 7.85. The van der Waals surface area contributed by atoms with Crippen LogP contribution in [-0.2, 0) is 14.6 Å². The van der Waals surface area contributed by atoms with Gasteiger partial charge in [-0.05, 0) is 52.4 Å². The number of aliphatic imine (C=N–C) groups is 1. The largest absolute Gasteiger partial charge is 0.375 e. The van der Waals surface area contributed by atoms with Crippen molar-refractivity contribution in [3.8, 4) is 0 Å². The van der Waals surface area contributed by atoms with E-state index in [-0.39, 0.29) is 17.3 Å². The number of sulfone groups is 1. The Morgan fingerprint density at radius 2 is 2.12 bits per heavy atom. The van der Waals surface area contributed by atoms with E-state index in [2.05, 4.69) is 38.3 Å². The summed E-state index contributed by atoms with van der Waals surface area (Å²) in [5.41, 5.74) is -0.114. The molecule has 6 nitrogen and oxygen atoms in total. The third kappa shape index (κ3) is 6.24. The van der Waals surface area contributed by atoms with Crippen LogP contribution in [0.3, 0.4) is 0 Å². The third-order valence-corrected chi connectivity index (χ3v) is 6.70. The van der Waals surface area contributed by atoms with Gasteiger partial charge in [0.1, 0.15) is 0 Å². The maximum absolute atomic E-state index is 11.6. The standard InChI is InChI=1S/C17H33N3O3S/c1-5-13(2)19-16(18-11-14-7-9-24(21,22)12-14)20-15-6-8-23-17(3,4)10-15/h13-15H,5-12H2,1-4H3,(H2,18,19,20). The molecule has 2 heterocycles. The Hall–Kier alpha value is -0.820. The molecule has 2 aliphatic rings. The lowest BCUT2D eigenvalue weighted by Gasteiger charge is -2.36. The van der Waals surface area contributed by atoms with Gasteiger partial charge in [0.25, 0.3) is 0 Å². The number of guanidine groups is 1. The second kappa shape index (κ2) is 8.04. The van der Waals surface area contributed by atoms with E-state index in [1.165, 1.54) is 0 Å². The number of nitrogens with zero attached hydrogens (tertiary/aromatic N) is 1. The van der Waals surface area contributed by atoms with E-state index in [4.69, 9.17) is 9.73 Å². The minimum atomic E-state index is -2.84.